The number of benzene rings is 2. The zero-order valence-corrected chi connectivity index (χ0v) is 16.0. The summed E-state index contributed by atoms with van der Waals surface area (Å²) in [5.41, 5.74) is 7.04. The van der Waals surface area contributed by atoms with Crippen molar-refractivity contribution in [3.63, 3.8) is 0 Å². The lowest BCUT2D eigenvalue weighted by Gasteiger charge is -2.25. The highest BCUT2D eigenvalue weighted by molar-refractivity contribution is 6.84. The fourth-order valence-electron chi connectivity index (χ4n) is 3.27. The molecule has 2 aromatic rings. The Labute approximate surface area is 147 Å². The lowest BCUT2D eigenvalue weighted by molar-refractivity contribution is 1.06. The van der Waals surface area contributed by atoms with Gasteiger partial charge in [0, 0.05) is 0 Å². The molecule has 0 radical (unpaired) electrons. The lowest BCUT2D eigenvalue weighted by Crippen LogP contribution is -2.30. The van der Waals surface area contributed by atoms with E-state index in [-0.39, 0.29) is 0 Å². The van der Waals surface area contributed by atoms with E-state index in [4.69, 9.17) is 5.26 Å². The van der Waals surface area contributed by atoms with Gasteiger partial charge in [0.25, 0.3) is 0 Å². The van der Waals surface area contributed by atoms with Crippen LogP contribution in [0.1, 0.15) is 31.9 Å². The molecule has 0 N–H and O–H groups in total. The zero-order chi connectivity index (χ0) is 17.4. The van der Waals surface area contributed by atoms with Crippen LogP contribution in [-0.2, 0) is 6.42 Å². The fraction of sp³-hybridized carbons (Fsp3) is 0.318. The minimum atomic E-state index is -1.23. The number of rotatable bonds is 7. The van der Waals surface area contributed by atoms with Crippen LogP contribution in [0, 0.1) is 11.3 Å². The molecule has 0 spiro atoms. The lowest BCUT2D eigenvalue weighted by atomic mass is 10.0. The summed E-state index contributed by atoms with van der Waals surface area (Å²) in [4.78, 5) is 0. The predicted molar refractivity (Wildman–Crippen MR) is 107 cm³/mol. The van der Waals surface area contributed by atoms with Crippen LogP contribution < -0.4 is 0 Å². The minimum Gasteiger partial charge on any atom is -0.192 e. The maximum atomic E-state index is 8.89. The molecule has 0 heterocycles. The minimum absolute atomic E-state index is 0.708. The normalized spacial score (nSPS) is 11.6. The van der Waals surface area contributed by atoms with E-state index in [0.717, 1.165) is 0 Å². The molecule has 0 saturated carbocycles. The van der Waals surface area contributed by atoms with E-state index in [1.165, 1.54) is 41.2 Å². The van der Waals surface area contributed by atoms with Gasteiger partial charge >= 0.3 is 0 Å². The van der Waals surface area contributed by atoms with Crippen molar-refractivity contribution < 1.29 is 0 Å². The highest BCUT2D eigenvalue weighted by Crippen LogP contribution is 2.26. The van der Waals surface area contributed by atoms with Crippen molar-refractivity contribution >= 4 is 8.07 Å². The molecular formula is C22H27NSi. The topological polar surface area (TPSA) is 23.8 Å². The predicted octanol–water partition coefficient (Wildman–Crippen LogP) is 6.37. The highest BCUT2D eigenvalue weighted by Gasteiger charge is 2.24. The molecule has 1 nitrogen and oxygen atoms in total. The molecule has 2 aromatic carbocycles. The third-order valence-corrected chi connectivity index (χ3v) is 10.2. The molecule has 0 saturated heterocycles. The van der Waals surface area contributed by atoms with Crippen LogP contribution in [0.2, 0.25) is 18.1 Å². The van der Waals surface area contributed by atoms with Gasteiger partial charge in [-0.15, -0.1) is 0 Å². The van der Waals surface area contributed by atoms with Crippen molar-refractivity contribution in [2.75, 3.05) is 0 Å². The molecule has 2 heteroatoms. The molecular weight excluding hydrogens is 306 g/mol. The van der Waals surface area contributed by atoms with Gasteiger partial charge in [0.2, 0.25) is 0 Å². The van der Waals surface area contributed by atoms with Crippen LogP contribution in [0.4, 0.5) is 0 Å². The summed E-state index contributed by atoms with van der Waals surface area (Å²) in [7, 11) is -1.23. The average molecular weight is 334 g/mol. The van der Waals surface area contributed by atoms with E-state index in [0.29, 0.717) is 5.56 Å². The Kier molecular flexibility index (Phi) is 6.58. The van der Waals surface area contributed by atoms with Crippen LogP contribution in [0.25, 0.3) is 11.1 Å². The van der Waals surface area contributed by atoms with Gasteiger partial charge in [0.05, 0.1) is 19.7 Å². The van der Waals surface area contributed by atoms with E-state index in [9.17, 15) is 0 Å². The Hall–Kier alpha value is -2.11. The van der Waals surface area contributed by atoms with Crippen LogP contribution in [0.15, 0.2) is 60.3 Å². The highest BCUT2D eigenvalue weighted by atomic mass is 28.3. The third kappa shape index (κ3) is 4.46. The van der Waals surface area contributed by atoms with E-state index in [1.54, 1.807) is 0 Å². The van der Waals surface area contributed by atoms with Gasteiger partial charge in [-0.3, -0.25) is 0 Å². The first kappa shape index (κ1) is 18.2. The third-order valence-electron chi connectivity index (χ3n) is 5.14. The first-order valence-corrected chi connectivity index (χ1v) is 11.6. The second-order valence-electron chi connectivity index (χ2n) is 6.46. The Morgan fingerprint density at radius 1 is 0.917 bits per heavy atom. The quantitative estimate of drug-likeness (QED) is 0.540. The SMILES string of the molecule is CC=C[Si](CC)(CC)CCc1ccc(-c2ccc(C#N)cc2)cc1. The van der Waals surface area contributed by atoms with Crippen molar-refractivity contribution in [2.45, 2.75) is 45.3 Å². The van der Waals surface area contributed by atoms with E-state index >= 15 is 0 Å². The molecule has 0 aliphatic heterocycles. The number of nitriles is 1. The number of allylic oxidation sites excluding steroid dienone is 1. The van der Waals surface area contributed by atoms with Gasteiger partial charge in [0.15, 0.2) is 0 Å². The number of aryl methyl sites for hydroxylation is 1. The summed E-state index contributed by atoms with van der Waals surface area (Å²) >= 11 is 0. The Morgan fingerprint density at radius 2 is 1.46 bits per heavy atom. The summed E-state index contributed by atoms with van der Waals surface area (Å²) in [6.45, 7) is 6.85. The average Bonchev–Trinajstić information content (AvgIpc) is 2.66. The maximum absolute atomic E-state index is 8.89. The van der Waals surface area contributed by atoms with Gasteiger partial charge in [-0.05, 0) is 48.2 Å². The Balaban J connectivity index is 2.07. The number of hydrogen-bond donors (Lipinski definition) is 0. The molecule has 0 aromatic heterocycles. The van der Waals surface area contributed by atoms with E-state index in [1.807, 2.05) is 24.3 Å². The van der Waals surface area contributed by atoms with Crippen molar-refractivity contribution in [2.24, 2.45) is 0 Å². The van der Waals surface area contributed by atoms with Crippen molar-refractivity contribution in [3.8, 4) is 17.2 Å². The van der Waals surface area contributed by atoms with Crippen LogP contribution in [0.3, 0.4) is 0 Å². The monoisotopic (exact) mass is 333 g/mol. The molecule has 24 heavy (non-hydrogen) atoms. The van der Waals surface area contributed by atoms with Crippen molar-refractivity contribution in [1.82, 2.24) is 0 Å². The summed E-state index contributed by atoms with van der Waals surface area (Å²) in [6.07, 6.45) is 3.43. The zero-order valence-electron chi connectivity index (χ0n) is 15.0. The molecule has 0 bridgehead atoms. The first-order valence-electron chi connectivity index (χ1n) is 8.89. The second kappa shape index (κ2) is 8.66. The van der Waals surface area contributed by atoms with Gasteiger partial charge < -0.3 is 0 Å². The van der Waals surface area contributed by atoms with Crippen molar-refractivity contribution in [1.29, 1.82) is 5.26 Å². The summed E-state index contributed by atoms with van der Waals surface area (Å²) in [5.74, 6) is 0. The molecule has 2 rings (SSSR count). The van der Waals surface area contributed by atoms with E-state index in [2.05, 4.69) is 62.9 Å². The maximum Gasteiger partial charge on any atom is 0.0991 e. The standard InChI is InChI=1S/C22H27NSi/c1-4-16-24(5-2,6-3)17-15-19-7-11-21(12-8-19)22-13-9-20(18-23)10-14-22/h4,7-14,16H,5-6,15,17H2,1-3H3. The smallest absolute Gasteiger partial charge is 0.0991 e. The molecule has 0 aliphatic carbocycles. The first-order chi connectivity index (χ1) is 11.7. The van der Waals surface area contributed by atoms with Crippen LogP contribution >= 0.6 is 0 Å². The molecule has 0 atom stereocenters. The van der Waals surface area contributed by atoms with Gasteiger partial charge in [-0.2, -0.15) is 5.26 Å². The number of hydrogen-bond acceptors (Lipinski definition) is 1. The summed E-state index contributed by atoms with van der Waals surface area (Å²) in [6, 6.07) is 22.9. The number of nitrogens with zero attached hydrogens (tertiary/aromatic N) is 1. The van der Waals surface area contributed by atoms with Crippen molar-refractivity contribution in [3.05, 3.63) is 71.4 Å². The van der Waals surface area contributed by atoms with Gasteiger partial charge in [-0.1, -0.05) is 74.1 Å². The molecule has 0 fully saturated rings. The van der Waals surface area contributed by atoms with Gasteiger partial charge in [-0.25, -0.2) is 0 Å². The van der Waals surface area contributed by atoms with Crippen LogP contribution in [0.5, 0.6) is 0 Å². The molecule has 124 valence electrons. The largest absolute Gasteiger partial charge is 0.192 e. The second-order valence-corrected chi connectivity index (χ2v) is 11.4. The molecule has 0 unspecified atom stereocenters. The van der Waals surface area contributed by atoms with Crippen LogP contribution in [-0.4, -0.2) is 8.07 Å². The Bertz CT molecular complexity index is 701. The van der Waals surface area contributed by atoms with E-state index < -0.39 is 8.07 Å². The molecule has 0 aliphatic rings. The Morgan fingerprint density at radius 3 is 1.92 bits per heavy atom. The summed E-state index contributed by atoms with van der Waals surface area (Å²) < 4.78 is 0. The molecule has 0 amide bonds. The fourth-order valence-corrected chi connectivity index (χ4v) is 6.61. The van der Waals surface area contributed by atoms with Gasteiger partial charge in [0.1, 0.15) is 0 Å². The summed E-state index contributed by atoms with van der Waals surface area (Å²) in [5, 5.41) is 8.89.